The lowest BCUT2D eigenvalue weighted by atomic mass is 10.1. The summed E-state index contributed by atoms with van der Waals surface area (Å²) in [5.41, 5.74) is 6.23. The van der Waals surface area contributed by atoms with Gasteiger partial charge in [-0.15, -0.1) is 0 Å². The summed E-state index contributed by atoms with van der Waals surface area (Å²) in [6.45, 7) is 0. The van der Waals surface area contributed by atoms with Gasteiger partial charge in [0.1, 0.15) is 5.54 Å². The Hall–Kier alpha value is -1.35. The molecule has 1 aromatic rings. The van der Waals surface area contributed by atoms with Gasteiger partial charge in [0, 0.05) is 5.92 Å². The van der Waals surface area contributed by atoms with Crippen molar-refractivity contribution in [2.24, 2.45) is 5.73 Å². The summed E-state index contributed by atoms with van der Waals surface area (Å²) in [5.74, 6) is -0.192. The van der Waals surface area contributed by atoms with Crippen molar-refractivity contribution in [3.63, 3.8) is 0 Å². The predicted molar refractivity (Wildman–Crippen MR) is 52.7 cm³/mol. The molecule has 3 nitrogen and oxygen atoms in total. The number of ether oxygens (including phenoxy) is 1. The highest BCUT2D eigenvalue weighted by atomic mass is 16.5. The van der Waals surface area contributed by atoms with Crippen LogP contribution in [0.2, 0.25) is 0 Å². The van der Waals surface area contributed by atoms with Crippen molar-refractivity contribution in [2.75, 3.05) is 7.11 Å². The number of hydrogen-bond donors (Lipinski definition) is 1. The Labute approximate surface area is 82.9 Å². The number of carbonyl (C=O) groups excluding carboxylic acids is 1. The van der Waals surface area contributed by atoms with Gasteiger partial charge in [0.05, 0.1) is 7.11 Å². The molecule has 2 rings (SSSR count). The van der Waals surface area contributed by atoms with E-state index in [9.17, 15) is 4.79 Å². The highest BCUT2D eigenvalue weighted by Crippen LogP contribution is 2.49. The summed E-state index contributed by atoms with van der Waals surface area (Å²) in [4.78, 5) is 11.3. The molecule has 0 amide bonds. The minimum absolute atomic E-state index is 0.121. The molecule has 0 unspecified atom stereocenters. The van der Waals surface area contributed by atoms with E-state index in [1.54, 1.807) is 0 Å². The van der Waals surface area contributed by atoms with Crippen LogP contribution in [0.4, 0.5) is 0 Å². The van der Waals surface area contributed by atoms with Gasteiger partial charge in [0.25, 0.3) is 0 Å². The van der Waals surface area contributed by atoms with E-state index in [2.05, 4.69) is 4.74 Å². The van der Waals surface area contributed by atoms with Crippen LogP contribution in [0.3, 0.4) is 0 Å². The molecule has 0 aliphatic heterocycles. The fraction of sp³-hybridized carbons (Fsp3) is 0.364. The molecular weight excluding hydrogens is 178 g/mol. The third kappa shape index (κ3) is 1.30. The normalized spacial score (nSPS) is 29.7. The number of esters is 1. The zero-order valence-electron chi connectivity index (χ0n) is 8.07. The number of hydrogen-bond acceptors (Lipinski definition) is 3. The predicted octanol–water partition coefficient (Wildman–Crippen LogP) is 1.04. The number of carbonyl (C=O) groups is 1. The molecule has 0 heterocycles. The molecule has 0 spiro atoms. The van der Waals surface area contributed by atoms with E-state index in [-0.39, 0.29) is 11.9 Å². The number of benzene rings is 1. The Balaban J connectivity index is 2.16. The molecule has 0 bridgehead atoms. The van der Waals surface area contributed by atoms with Crippen LogP contribution in [-0.2, 0) is 9.53 Å². The largest absolute Gasteiger partial charge is 0.468 e. The zero-order valence-corrected chi connectivity index (χ0v) is 8.07. The summed E-state index contributed by atoms with van der Waals surface area (Å²) < 4.78 is 4.66. The average Bonchev–Trinajstić information content (AvgIpc) is 2.92. The van der Waals surface area contributed by atoms with Crippen LogP contribution in [0.25, 0.3) is 0 Å². The van der Waals surface area contributed by atoms with Gasteiger partial charge in [-0.2, -0.15) is 0 Å². The minimum Gasteiger partial charge on any atom is -0.468 e. The second kappa shape index (κ2) is 3.10. The molecule has 1 aromatic carbocycles. The Morgan fingerprint density at radius 2 is 2.14 bits per heavy atom. The van der Waals surface area contributed by atoms with E-state index in [0.717, 1.165) is 5.56 Å². The molecule has 1 aliphatic rings. The molecule has 2 N–H and O–H groups in total. The van der Waals surface area contributed by atoms with Gasteiger partial charge in [-0.1, -0.05) is 30.3 Å². The SMILES string of the molecule is COC(=O)[C@@]1(N)C[C@@H]1c1ccccc1. The van der Waals surface area contributed by atoms with Gasteiger partial charge in [-0.05, 0) is 12.0 Å². The van der Waals surface area contributed by atoms with Crippen molar-refractivity contribution in [2.45, 2.75) is 17.9 Å². The number of nitrogens with two attached hydrogens (primary N) is 1. The van der Waals surface area contributed by atoms with Crippen molar-refractivity contribution in [1.82, 2.24) is 0 Å². The summed E-state index contributed by atoms with van der Waals surface area (Å²) >= 11 is 0. The van der Waals surface area contributed by atoms with Crippen LogP contribution in [-0.4, -0.2) is 18.6 Å². The van der Waals surface area contributed by atoms with E-state index in [4.69, 9.17) is 5.73 Å². The molecule has 2 atom stereocenters. The van der Waals surface area contributed by atoms with Gasteiger partial charge in [-0.25, -0.2) is 0 Å². The van der Waals surface area contributed by atoms with Gasteiger partial charge in [-0.3, -0.25) is 4.79 Å². The molecule has 0 aromatic heterocycles. The lowest BCUT2D eigenvalue weighted by Gasteiger charge is -2.08. The van der Waals surface area contributed by atoms with Crippen LogP contribution in [0, 0.1) is 0 Å². The minimum atomic E-state index is -0.782. The first-order valence-corrected chi connectivity index (χ1v) is 4.61. The second-order valence-corrected chi connectivity index (χ2v) is 3.70. The highest BCUT2D eigenvalue weighted by Gasteiger charge is 2.58. The van der Waals surface area contributed by atoms with Crippen LogP contribution in [0.5, 0.6) is 0 Å². The molecule has 0 radical (unpaired) electrons. The Morgan fingerprint density at radius 3 is 2.71 bits per heavy atom. The first kappa shape index (κ1) is 9.21. The first-order chi connectivity index (χ1) is 6.68. The topological polar surface area (TPSA) is 52.3 Å². The van der Waals surface area contributed by atoms with Gasteiger partial charge in [0.15, 0.2) is 0 Å². The van der Waals surface area contributed by atoms with Crippen molar-refractivity contribution in [3.05, 3.63) is 35.9 Å². The maximum absolute atomic E-state index is 11.3. The van der Waals surface area contributed by atoms with Crippen LogP contribution in [0.15, 0.2) is 30.3 Å². The van der Waals surface area contributed by atoms with E-state index < -0.39 is 5.54 Å². The van der Waals surface area contributed by atoms with E-state index >= 15 is 0 Å². The number of methoxy groups -OCH3 is 1. The molecule has 1 fully saturated rings. The van der Waals surface area contributed by atoms with E-state index in [1.807, 2.05) is 30.3 Å². The average molecular weight is 191 g/mol. The maximum Gasteiger partial charge on any atom is 0.326 e. The lowest BCUT2D eigenvalue weighted by molar-refractivity contribution is -0.143. The van der Waals surface area contributed by atoms with Crippen LogP contribution < -0.4 is 5.73 Å². The summed E-state index contributed by atoms with van der Waals surface area (Å²) in [6, 6.07) is 9.82. The van der Waals surface area contributed by atoms with Crippen LogP contribution in [0.1, 0.15) is 17.9 Å². The zero-order chi connectivity index (χ0) is 10.2. The molecular formula is C11H13NO2. The summed E-state index contributed by atoms with van der Waals surface area (Å²) in [6.07, 6.45) is 0.684. The molecule has 1 saturated carbocycles. The third-order valence-electron chi connectivity index (χ3n) is 2.77. The van der Waals surface area contributed by atoms with Gasteiger partial charge >= 0.3 is 5.97 Å². The maximum atomic E-state index is 11.3. The van der Waals surface area contributed by atoms with Crippen molar-refractivity contribution in [1.29, 1.82) is 0 Å². The quantitative estimate of drug-likeness (QED) is 0.711. The van der Waals surface area contributed by atoms with Gasteiger partial charge < -0.3 is 10.5 Å². The van der Waals surface area contributed by atoms with Crippen LogP contribution >= 0.6 is 0 Å². The monoisotopic (exact) mass is 191 g/mol. The Kier molecular flexibility index (Phi) is 2.04. The lowest BCUT2D eigenvalue weighted by Crippen LogP contribution is -2.35. The van der Waals surface area contributed by atoms with E-state index in [1.165, 1.54) is 7.11 Å². The number of rotatable bonds is 2. The Morgan fingerprint density at radius 1 is 1.50 bits per heavy atom. The van der Waals surface area contributed by atoms with Crippen molar-refractivity contribution >= 4 is 5.97 Å². The summed E-state index contributed by atoms with van der Waals surface area (Å²) in [7, 11) is 1.37. The fourth-order valence-corrected chi connectivity index (χ4v) is 1.80. The smallest absolute Gasteiger partial charge is 0.326 e. The van der Waals surface area contributed by atoms with Crippen molar-refractivity contribution < 1.29 is 9.53 Å². The third-order valence-corrected chi connectivity index (χ3v) is 2.77. The molecule has 1 aliphatic carbocycles. The first-order valence-electron chi connectivity index (χ1n) is 4.61. The van der Waals surface area contributed by atoms with Gasteiger partial charge in [0.2, 0.25) is 0 Å². The Bertz CT molecular complexity index is 350. The molecule has 3 heteroatoms. The fourth-order valence-electron chi connectivity index (χ4n) is 1.80. The van der Waals surface area contributed by atoms with Crippen molar-refractivity contribution in [3.8, 4) is 0 Å². The van der Waals surface area contributed by atoms with E-state index in [0.29, 0.717) is 6.42 Å². The molecule has 0 saturated heterocycles. The molecule has 74 valence electrons. The summed E-state index contributed by atoms with van der Waals surface area (Å²) in [5, 5.41) is 0. The highest BCUT2D eigenvalue weighted by molar-refractivity contribution is 5.86. The second-order valence-electron chi connectivity index (χ2n) is 3.70. The standard InChI is InChI=1S/C11H13NO2/c1-14-10(13)11(12)7-9(11)8-5-3-2-4-6-8/h2-6,9H,7,12H2,1H3/t9-,11-/m1/s1. The molecule has 14 heavy (non-hydrogen) atoms.